The van der Waals surface area contributed by atoms with Crippen LogP contribution in [0, 0.1) is 5.41 Å². The van der Waals surface area contributed by atoms with Gasteiger partial charge in [0.15, 0.2) is 5.96 Å². The third-order valence-electron chi connectivity index (χ3n) is 5.42. The summed E-state index contributed by atoms with van der Waals surface area (Å²) >= 11 is 0. The Labute approximate surface area is 182 Å². The smallest absolute Gasteiger partial charge is 0.222 e. The van der Waals surface area contributed by atoms with Gasteiger partial charge < -0.3 is 20.3 Å². The lowest BCUT2D eigenvalue weighted by Gasteiger charge is -2.21. The number of carbonyl (C=O) groups is 1. The van der Waals surface area contributed by atoms with Gasteiger partial charge in [-0.25, -0.2) is 0 Å². The highest BCUT2D eigenvalue weighted by Crippen LogP contribution is 2.48. The third kappa shape index (κ3) is 9.45. The normalized spacial score (nSPS) is 19.3. The Bertz CT molecular complexity index is 455. The van der Waals surface area contributed by atoms with Crippen LogP contribution in [0.15, 0.2) is 4.99 Å². The number of ether oxygens (including phenoxy) is 1. The van der Waals surface area contributed by atoms with Gasteiger partial charge in [0.25, 0.3) is 0 Å². The molecule has 0 aromatic rings. The summed E-state index contributed by atoms with van der Waals surface area (Å²) in [6, 6.07) is 0. The zero-order valence-corrected chi connectivity index (χ0v) is 19.6. The molecule has 158 valence electrons. The first kappa shape index (κ1) is 24.5. The number of likely N-dealkylation sites (tertiary alicyclic amines) is 1. The van der Waals surface area contributed by atoms with Crippen molar-refractivity contribution in [2.75, 3.05) is 45.9 Å². The molecule has 1 saturated carbocycles. The summed E-state index contributed by atoms with van der Waals surface area (Å²) < 4.78 is 5.51. The van der Waals surface area contributed by atoms with E-state index in [1.165, 1.54) is 19.3 Å². The lowest BCUT2D eigenvalue weighted by Crippen LogP contribution is -2.40. The van der Waals surface area contributed by atoms with Gasteiger partial charge in [0.1, 0.15) is 0 Å². The number of guanidine groups is 1. The van der Waals surface area contributed by atoms with E-state index in [2.05, 4.69) is 17.6 Å². The number of halogens is 1. The van der Waals surface area contributed by atoms with Crippen molar-refractivity contribution in [2.45, 2.75) is 65.2 Å². The van der Waals surface area contributed by atoms with E-state index in [0.29, 0.717) is 11.3 Å². The Kier molecular flexibility index (Phi) is 12.3. The Balaban J connectivity index is 0.00000364. The minimum atomic E-state index is 0. The number of aliphatic imine (C=N–C) groups is 1. The van der Waals surface area contributed by atoms with Crippen LogP contribution in [-0.4, -0.2) is 62.7 Å². The van der Waals surface area contributed by atoms with Gasteiger partial charge in [0.05, 0.1) is 0 Å². The van der Waals surface area contributed by atoms with Crippen molar-refractivity contribution in [2.24, 2.45) is 10.4 Å². The molecule has 0 aromatic carbocycles. The van der Waals surface area contributed by atoms with Crippen molar-refractivity contribution < 1.29 is 9.53 Å². The molecule has 27 heavy (non-hydrogen) atoms. The lowest BCUT2D eigenvalue weighted by atomic mass is 10.0. The van der Waals surface area contributed by atoms with Crippen LogP contribution >= 0.6 is 24.0 Å². The van der Waals surface area contributed by atoms with Crippen LogP contribution in [-0.2, 0) is 9.53 Å². The predicted molar refractivity (Wildman–Crippen MR) is 122 cm³/mol. The molecule has 0 aromatic heterocycles. The van der Waals surface area contributed by atoms with Gasteiger partial charge in [-0.2, -0.15) is 0 Å². The number of nitrogens with zero attached hydrogens (tertiary/aromatic N) is 2. The average molecular weight is 494 g/mol. The van der Waals surface area contributed by atoms with Gasteiger partial charge in [0.2, 0.25) is 5.91 Å². The number of hydrogen-bond donors (Lipinski definition) is 2. The zero-order chi connectivity index (χ0) is 18.7. The fourth-order valence-corrected chi connectivity index (χ4v) is 3.44. The average Bonchev–Trinajstić information content (AvgIpc) is 3.43. The Morgan fingerprint density at radius 3 is 2.74 bits per heavy atom. The van der Waals surface area contributed by atoms with E-state index in [-0.39, 0.29) is 24.0 Å². The maximum absolute atomic E-state index is 12.0. The third-order valence-corrected chi connectivity index (χ3v) is 5.42. The SMILES string of the molecule is CCNC(=NCC1(CCOCC)CC1)NCCCN1CCCCCC1=O.I. The molecule has 2 rings (SSSR count). The summed E-state index contributed by atoms with van der Waals surface area (Å²) in [5, 5.41) is 6.76. The minimum absolute atomic E-state index is 0. The second-order valence-corrected chi connectivity index (χ2v) is 7.61. The van der Waals surface area contributed by atoms with E-state index in [1.807, 2.05) is 11.8 Å². The van der Waals surface area contributed by atoms with Crippen molar-refractivity contribution in [3.8, 4) is 0 Å². The highest BCUT2D eigenvalue weighted by Gasteiger charge is 2.41. The molecule has 0 atom stereocenters. The van der Waals surface area contributed by atoms with Gasteiger partial charge in [-0.05, 0) is 57.8 Å². The summed E-state index contributed by atoms with van der Waals surface area (Å²) in [5.74, 6) is 1.23. The van der Waals surface area contributed by atoms with Gasteiger partial charge in [-0.3, -0.25) is 9.79 Å². The number of rotatable bonds is 11. The molecule has 2 N–H and O–H groups in total. The van der Waals surface area contributed by atoms with Crippen LogP contribution in [0.2, 0.25) is 0 Å². The molecule has 1 heterocycles. The molecule has 0 spiro atoms. The van der Waals surface area contributed by atoms with Crippen molar-refractivity contribution in [3.63, 3.8) is 0 Å². The molecule has 0 unspecified atom stereocenters. The first-order valence-electron chi connectivity index (χ1n) is 10.6. The predicted octanol–water partition coefficient (Wildman–Crippen LogP) is 3.16. The quantitative estimate of drug-likeness (QED) is 0.201. The van der Waals surface area contributed by atoms with E-state index in [1.54, 1.807) is 0 Å². The Morgan fingerprint density at radius 1 is 1.22 bits per heavy atom. The zero-order valence-electron chi connectivity index (χ0n) is 17.2. The second-order valence-electron chi connectivity index (χ2n) is 7.61. The summed E-state index contributed by atoms with van der Waals surface area (Å²) in [6.07, 6.45) is 8.71. The molecule has 7 heteroatoms. The molecule has 1 saturated heterocycles. The van der Waals surface area contributed by atoms with Crippen molar-refractivity contribution >= 4 is 35.8 Å². The molecule has 0 radical (unpaired) electrons. The molecular weight excluding hydrogens is 455 g/mol. The topological polar surface area (TPSA) is 66.0 Å². The molecule has 2 fully saturated rings. The first-order valence-corrected chi connectivity index (χ1v) is 10.6. The van der Waals surface area contributed by atoms with Crippen LogP contribution in [0.5, 0.6) is 0 Å². The van der Waals surface area contributed by atoms with Crippen LogP contribution in [0.3, 0.4) is 0 Å². The van der Waals surface area contributed by atoms with Crippen LogP contribution in [0.4, 0.5) is 0 Å². The fraction of sp³-hybridized carbons (Fsp3) is 0.900. The molecule has 1 aliphatic heterocycles. The van der Waals surface area contributed by atoms with Gasteiger partial charge in [0, 0.05) is 52.4 Å². The van der Waals surface area contributed by atoms with E-state index in [9.17, 15) is 4.79 Å². The lowest BCUT2D eigenvalue weighted by molar-refractivity contribution is -0.130. The fourth-order valence-electron chi connectivity index (χ4n) is 3.44. The standard InChI is InChI=1S/C20H38N4O2.HI/c1-3-21-19(23-17-20(10-11-20)12-16-26-4-2)22-13-8-15-24-14-7-5-6-9-18(24)25;/h3-17H2,1-2H3,(H2,21,22,23);1H. The maximum atomic E-state index is 12.0. The summed E-state index contributed by atoms with van der Waals surface area (Å²) in [5.41, 5.74) is 0.371. The molecule has 0 bridgehead atoms. The van der Waals surface area contributed by atoms with E-state index < -0.39 is 0 Å². The maximum Gasteiger partial charge on any atom is 0.222 e. The van der Waals surface area contributed by atoms with Crippen molar-refractivity contribution in [1.82, 2.24) is 15.5 Å². The first-order chi connectivity index (χ1) is 12.7. The largest absolute Gasteiger partial charge is 0.382 e. The van der Waals surface area contributed by atoms with E-state index in [0.717, 1.165) is 84.0 Å². The molecular formula is C20H39IN4O2. The van der Waals surface area contributed by atoms with Crippen LogP contribution in [0.1, 0.15) is 65.2 Å². The molecule has 1 amide bonds. The van der Waals surface area contributed by atoms with Crippen LogP contribution < -0.4 is 10.6 Å². The van der Waals surface area contributed by atoms with E-state index in [4.69, 9.17) is 9.73 Å². The summed E-state index contributed by atoms with van der Waals surface area (Å²) in [7, 11) is 0. The van der Waals surface area contributed by atoms with Crippen LogP contribution in [0.25, 0.3) is 0 Å². The Hall–Kier alpha value is -0.570. The van der Waals surface area contributed by atoms with Gasteiger partial charge in [-0.15, -0.1) is 24.0 Å². The number of hydrogen-bond acceptors (Lipinski definition) is 3. The second kappa shape index (κ2) is 13.6. The number of nitrogens with one attached hydrogen (secondary N) is 2. The number of carbonyl (C=O) groups excluding carboxylic acids is 1. The van der Waals surface area contributed by atoms with Gasteiger partial charge >= 0.3 is 0 Å². The van der Waals surface area contributed by atoms with Crippen molar-refractivity contribution in [3.05, 3.63) is 0 Å². The van der Waals surface area contributed by atoms with Crippen molar-refractivity contribution in [1.29, 1.82) is 0 Å². The minimum Gasteiger partial charge on any atom is -0.382 e. The molecule has 1 aliphatic carbocycles. The van der Waals surface area contributed by atoms with Gasteiger partial charge in [-0.1, -0.05) is 6.42 Å². The molecule has 2 aliphatic rings. The summed E-state index contributed by atoms with van der Waals surface area (Å²) in [6.45, 7) is 10.1. The van der Waals surface area contributed by atoms with E-state index >= 15 is 0 Å². The Morgan fingerprint density at radius 2 is 2.04 bits per heavy atom. The number of amides is 1. The monoisotopic (exact) mass is 494 g/mol. The highest BCUT2D eigenvalue weighted by atomic mass is 127. The summed E-state index contributed by atoms with van der Waals surface area (Å²) in [4.78, 5) is 18.9. The highest BCUT2D eigenvalue weighted by molar-refractivity contribution is 14.0. The molecule has 6 nitrogen and oxygen atoms in total.